The molecule has 0 unspecified atom stereocenters. The molecule has 1 aliphatic heterocycles. The molecule has 1 atom stereocenters. The van der Waals surface area contributed by atoms with Crippen molar-refractivity contribution in [3.63, 3.8) is 0 Å². The summed E-state index contributed by atoms with van der Waals surface area (Å²) < 4.78 is 5.78. The first kappa shape index (κ1) is 13.5. The van der Waals surface area contributed by atoms with Crippen molar-refractivity contribution in [2.45, 2.75) is 5.72 Å². The third-order valence-corrected chi connectivity index (χ3v) is 3.81. The zero-order valence-electron chi connectivity index (χ0n) is 12.1. The average molecular weight is 303 g/mol. The number of aromatic nitrogens is 2. The highest BCUT2D eigenvalue weighted by Crippen LogP contribution is 2.41. The second-order valence-corrected chi connectivity index (χ2v) is 5.18. The summed E-state index contributed by atoms with van der Waals surface area (Å²) in [5.74, 6) is 0.0220. The number of cyclic esters (lactones) is 1. The Hall–Kier alpha value is -3.21. The highest BCUT2D eigenvalue weighted by Gasteiger charge is 2.47. The third-order valence-electron chi connectivity index (χ3n) is 3.81. The number of fused-ring (bicyclic) bond motifs is 1. The second-order valence-electron chi connectivity index (χ2n) is 5.18. The van der Waals surface area contributed by atoms with Crippen molar-refractivity contribution in [1.82, 2.24) is 9.97 Å². The summed E-state index contributed by atoms with van der Waals surface area (Å²) in [6.07, 6.45) is 3.27. The van der Waals surface area contributed by atoms with Gasteiger partial charge in [0.05, 0.1) is 5.56 Å². The van der Waals surface area contributed by atoms with Crippen molar-refractivity contribution in [2.75, 3.05) is 5.32 Å². The molecule has 4 rings (SSSR count). The van der Waals surface area contributed by atoms with Gasteiger partial charge in [-0.1, -0.05) is 48.5 Å². The van der Waals surface area contributed by atoms with Crippen LogP contribution in [0, 0.1) is 0 Å². The van der Waals surface area contributed by atoms with Crippen LogP contribution in [0.15, 0.2) is 73.1 Å². The van der Waals surface area contributed by atoms with Gasteiger partial charge >= 0.3 is 5.97 Å². The monoisotopic (exact) mass is 303 g/mol. The Labute approximate surface area is 133 Å². The van der Waals surface area contributed by atoms with Crippen LogP contribution in [-0.4, -0.2) is 15.9 Å². The largest absolute Gasteiger partial charge is 0.426 e. The summed E-state index contributed by atoms with van der Waals surface area (Å²) in [4.78, 5) is 20.7. The van der Waals surface area contributed by atoms with Crippen molar-refractivity contribution in [1.29, 1.82) is 0 Å². The van der Waals surface area contributed by atoms with Crippen molar-refractivity contribution in [3.05, 3.63) is 89.7 Å². The van der Waals surface area contributed by atoms with Gasteiger partial charge in [0.2, 0.25) is 11.7 Å². The number of nitrogens with one attached hydrogen (secondary N) is 1. The molecule has 5 heteroatoms. The number of esters is 1. The molecule has 5 nitrogen and oxygen atoms in total. The predicted octanol–water partition coefficient (Wildman–Crippen LogP) is 2.96. The highest BCUT2D eigenvalue weighted by atomic mass is 16.6. The Kier molecular flexibility index (Phi) is 3.05. The van der Waals surface area contributed by atoms with Crippen molar-refractivity contribution < 1.29 is 9.53 Å². The number of benzene rings is 2. The van der Waals surface area contributed by atoms with Crippen LogP contribution in [0.3, 0.4) is 0 Å². The SMILES string of the molecule is O=C1O[C@@](Nc2ncccn2)(c2ccccc2)c2ccccc21. The lowest BCUT2D eigenvalue weighted by Crippen LogP contribution is -2.37. The fourth-order valence-corrected chi connectivity index (χ4v) is 2.79. The molecule has 0 spiro atoms. The molecule has 2 heterocycles. The minimum Gasteiger partial charge on any atom is -0.426 e. The van der Waals surface area contributed by atoms with Crippen LogP contribution in [-0.2, 0) is 10.5 Å². The van der Waals surface area contributed by atoms with E-state index < -0.39 is 5.72 Å². The summed E-state index contributed by atoms with van der Waals surface area (Å²) in [5, 5.41) is 3.19. The minimum absolute atomic E-state index is 0.368. The van der Waals surface area contributed by atoms with Gasteiger partial charge in [0.15, 0.2) is 0 Å². The molecule has 0 fully saturated rings. The van der Waals surface area contributed by atoms with E-state index in [0.717, 1.165) is 11.1 Å². The Bertz CT molecular complexity index is 852. The van der Waals surface area contributed by atoms with Crippen molar-refractivity contribution >= 4 is 11.9 Å². The number of hydrogen-bond donors (Lipinski definition) is 1. The van der Waals surface area contributed by atoms with E-state index in [1.807, 2.05) is 48.5 Å². The number of hydrogen-bond acceptors (Lipinski definition) is 5. The van der Waals surface area contributed by atoms with E-state index in [1.165, 1.54) is 0 Å². The van der Waals surface area contributed by atoms with E-state index >= 15 is 0 Å². The van der Waals surface area contributed by atoms with E-state index in [4.69, 9.17) is 4.74 Å². The molecular weight excluding hydrogens is 290 g/mol. The first-order chi connectivity index (χ1) is 11.3. The van der Waals surface area contributed by atoms with Gasteiger partial charge in [0.1, 0.15) is 0 Å². The van der Waals surface area contributed by atoms with Gasteiger partial charge in [0.25, 0.3) is 0 Å². The van der Waals surface area contributed by atoms with E-state index in [2.05, 4.69) is 15.3 Å². The maximum Gasteiger partial charge on any atom is 0.341 e. The number of anilines is 1. The van der Waals surface area contributed by atoms with Gasteiger partial charge in [0, 0.05) is 23.5 Å². The summed E-state index contributed by atoms with van der Waals surface area (Å²) in [5.41, 5.74) is 0.977. The lowest BCUT2D eigenvalue weighted by molar-refractivity contribution is 0.0210. The number of nitrogens with zero attached hydrogens (tertiary/aromatic N) is 2. The highest BCUT2D eigenvalue weighted by molar-refractivity contribution is 5.95. The average Bonchev–Trinajstić information content (AvgIpc) is 2.90. The molecule has 23 heavy (non-hydrogen) atoms. The smallest absolute Gasteiger partial charge is 0.341 e. The van der Waals surface area contributed by atoms with Gasteiger partial charge in [-0.3, -0.25) is 0 Å². The third kappa shape index (κ3) is 2.14. The fourth-order valence-electron chi connectivity index (χ4n) is 2.79. The minimum atomic E-state index is -1.13. The Morgan fingerprint density at radius 3 is 2.35 bits per heavy atom. The van der Waals surface area contributed by atoms with Crippen LogP contribution in [0.5, 0.6) is 0 Å². The van der Waals surface area contributed by atoms with E-state index in [-0.39, 0.29) is 5.97 Å². The molecule has 0 amide bonds. The molecule has 0 aliphatic carbocycles. The molecule has 1 aromatic heterocycles. The van der Waals surface area contributed by atoms with Gasteiger partial charge in [-0.05, 0) is 12.1 Å². The predicted molar refractivity (Wildman–Crippen MR) is 84.7 cm³/mol. The van der Waals surface area contributed by atoms with Crippen LogP contribution in [0.2, 0.25) is 0 Å². The summed E-state index contributed by atoms with van der Waals surface area (Å²) >= 11 is 0. The lowest BCUT2D eigenvalue weighted by Gasteiger charge is -2.30. The fraction of sp³-hybridized carbons (Fsp3) is 0.0556. The molecule has 0 saturated heterocycles. The molecule has 2 aromatic carbocycles. The summed E-state index contributed by atoms with van der Waals surface area (Å²) in [7, 11) is 0. The Morgan fingerprint density at radius 2 is 1.57 bits per heavy atom. The Morgan fingerprint density at radius 1 is 0.870 bits per heavy atom. The normalized spacial score (nSPS) is 19.0. The standard InChI is InChI=1S/C18H13N3O2/c22-16-14-9-4-5-10-15(14)18(23-16,13-7-2-1-3-8-13)21-17-19-11-6-12-20-17/h1-12H,(H,19,20,21)/t18-/m0/s1. The molecule has 0 radical (unpaired) electrons. The molecule has 0 saturated carbocycles. The first-order valence-corrected chi connectivity index (χ1v) is 7.23. The van der Waals surface area contributed by atoms with E-state index in [9.17, 15) is 4.79 Å². The zero-order valence-corrected chi connectivity index (χ0v) is 12.1. The van der Waals surface area contributed by atoms with Crippen LogP contribution >= 0.6 is 0 Å². The molecule has 3 aromatic rings. The van der Waals surface area contributed by atoms with E-state index in [1.54, 1.807) is 24.5 Å². The topological polar surface area (TPSA) is 64.1 Å². The molecule has 0 bridgehead atoms. The van der Waals surface area contributed by atoms with Crippen LogP contribution < -0.4 is 5.32 Å². The molecular formula is C18H13N3O2. The lowest BCUT2D eigenvalue weighted by atomic mass is 9.93. The van der Waals surface area contributed by atoms with Gasteiger partial charge in [-0.2, -0.15) is 0 Å². The van der Waals surface area contributed by atoms with Crippen LogP contribution in [0.4, 0.5) is 5.95 Å². The van der Waals surface area contributed by atoms with Gasteiger partial charge in [-0.15, -0.1) is 0 Å². The second kappa shape index (κ2) is 5.21. The maximum absolute atomic E-state index is 12.3. The number of rotatable bonds is 3. The summed E-state index contributed by atoms with van der Waals surface area (Å²) in [6.45, 7) is 0. The number of carbonyl (C=O) groups is 1. The summed E-state index contributed by atoms with van der Waals surface area (Å²) in [6, 6.07) is 18.6. The van der Waals surface area contributed by atoms with Crippen LogP contribution in [0.25, 0.3) is 0 Å². The zero-order chi connectivity index (χ0) is 15.7. The van der Waals surface area contributed by atoms with Crippen molar-refractivity contribution in [3.8, 4) is 0 Å². The van der Waals surface area contributed by atoms with Crippen molar-refractivity contribution in [2.24, 2.45) is 0 Å². The molecule has 1 N–H and O–H groups in total. The van der Waals surface area contributed by atoms with Gasteiger partial charge in [-0.25, -0.2) is 14.8 Å². The quantitative estimate of drug-likeness (QED) is 0.754. The number of carbonyl (C=O) groups excluding carboxylic acids is 1. The molecule has 1 aliphatic rings. The van der Waals surface area contributed by atoms with Gasteiger partial charge < -0.3 is 10.1 Å². The molecule has 112 valence electrons. The number of ether oxygens (including phenoxy) is 1. The van der Waals surface area contributed by atoms with E-state index in [0.29, 0.717) is 11.5 Å². The first-order valence-electron chi connectivity index (χ1n) is 7.23. The maximum atomic E-state index is 12.3. The van der Waals surface area contributed by atoms with Crippen LogP contribution in [0.1, 0.15) is 21.5 Å². The Balaban J connectivity index is 1.92.